The molecule has 0 saturated heterocycles. The number of aromatic nitrogens is 1. The predicted octanol–water partition coefficient (Wildman–Crippen LogP) is 5.52. The summed E-state index contributed by atoms with van der Waals surface area (Å²) < 4.78 is 52.0. The van der Waals surface area contributed by atoms with Gasteiger partial charge in [-0.15, -0.1) is 0 Å². The number of hydrogen-bond donors (Lipinski definition) is 2. The molecule has 0 aliphatic heterocycles. The molecule has 0 spiro atoms. The molecule has 1 unspecified atom stereocenters. The Balaban J connectivity index is 1.94. The fourth-order valence-corrected chi connectivity index (χ4v) is 4.04. The van der Waals surface area contributed by atoms with Gasteiger partial charge < -0.3 is 10.4 Å². The number of amides is 1. The lowest BCUT2D eigenvalue weighted by Crippen LogP contribution is -2.48. The maximum Gasteiger partial charge on any atom is 0.433 e. The average Bonchev–Trinajstić information content (AvgIpc) is 2.68. The fourth-order valence-electron chi connectivity index (χ4n) is 3.55. The van der Waals surface area contributed by atoms with Crippen LogP contribution >= 0.6 is 23.2 Å². The number of carbonyl (C=O) groups excluding carboxylic acids is 1. The van der Waals surface area contributed by atoms with Crippen molar-refractivity contribution in [2.24, 2.45) is 0 Å². The average molecular weight is 465 g/mol. The lowest BCUT2D eigenvalue weighted by atomic mass is 9.76. The predicted molar refractivity (Wildman–Crippen MR) is 104 cm³/mol. The monoisotopic (exact) mass is 464 g/mol. The van der Waals surface area contributed by atoms with Gasteiger partial charge in [0, 0.05) is 5.02 Å². The number of pyridine rings is 1. The molecule has 2 N–H and O–H groups in total. The molecule has 4 nitrogen and oxygen atoms in total. The van der Waals surface area contributed by atoms with Crippen molar-refractivity contribution in [3.8, 4) is 0 Å². The summed E-state index contributed by atoms with van der Waals surface area (Å²) in [5.41, 5.74) is -2.60. The van der Waals surface area contributed by atoms with E-state index in [4.69, 9.17) is 23.2 Å². The van der Waals surface area contributed by atoms with E-state index in [1.165, 1.54) is 0 Å². The van der Waals surface area contributed by atoms with Crippen LogP contribution in [0.3, 0.4) is 0 Å². The van der Waals surface area contributed by atoms with Gasteiger partial charge in [-0.1, -0.05) is 41.4 Å². The Morgan fingerprint density at radius 2 is 1.80 bits per heavy atom. The molecule has 0 radical (unpaired) electrons. The van der Waals surface area contributed by atoms with E-state index in [9.17, 15) is 27.5 Å². The van der Waals surface area contributed by atoms with Crippen molar-refractivity contribution in [2.45, 2.75) is 49.7 Å². The highest BCUT2D eigenvalue weighted by Gasteiger charge is 2.43. The number of nitrogens with one attached hydrogen (secondary N) is 1. The Morgan fingerprint density at radius 3 is 2.37 bits per heavy atom. The number of aliphatic hydroxyl groups is 1. The SMILES string of the molecule is O=C(NC(c1ccccc1Cl)[C@]1(O)CC[C@@H](F)CC1)c1ccc(C(F)(F)F)nc1Cl. The Labute approximate surface area is 180 Å². The molecule has 1 amide bonds. The van der Waals surface area contributed by atoms with E-state index in [2.05, 4.69) is 10.3 Å². The summed E-state index contributed by atoms with van der Waals surface area (Å²) in [6, 6.07) is 7.06. The summed E-state index contributed by atoms with van der Waals surface area (Å²) in [6.07, 6.45) is -5.40. The molecule has 1 heterocycles. The molecule has 3 rings (SSSR count). The van der Waals surface area contributed by atoms with Crippen LogP contribution in [0.2, 0.25) is 10.2 Å². The second-order valence-electron chi connectivity index (χ2n) is 7.24. The van der Waals surface area contributed by atoms with Crippen molar-refractivity contribution in [1.29, 1.82) is 0 Å². The quantitative estimate of drug-likeness (QED) is 0.462. The molecule has 162 valence electrons. The zero-order chi connectivity index (χ0) is 22.1. The smallest absolute Gasteiger partial charge is 0.387 e. The zero-order valence-corrected chi connectivity index (χ0v) is 17.0. The zero-order valence-electron chi connectivity index (χ0n) is 15.5. The molecule has 10 heteroatoms. The van der Waals surface area contributed by atoms with Crippen LogP contribution in [0.15, 0.2) is 36.4 Å². The topological polar surface area (TPSA) is 62.2 Å². The van der Waals surface area contributed by atoms with Gasteiger partial charge in [0.25, 0.3) is 5.91 Å². The Morgan fingerprint density at radius 1 is 1.17 bits per heavy atom. The normalized spacial score (nSPS) is 23.1. The van der Waals surface area contributed by atoms with Crippen molar-refractivity contribution in [2.75, 3.05) is 0 Å². The van der Waals surface area contributed by atoms with E-state index < -0.39 is 40.7 Å². The summed E-state index contributed by atoms with van der Waals surface area (Å²) in [6.45, 7) is 0. The lowest BCUT2D eigenvalue weighted by Gasteiger charge is -2.41. The first kappa shape index (κ1) is 22.8. The molecule has 0 bridgehead atoms. The van der Waals surface area contributed by atoms with Crippen LogP contribution < -0.4 is 5.32 Å². The molecule has 1 saturated carbocycles. The van der Waals surface area contributed by atoms with Crippen LogP contribution in [0.5, 0.6) is 0 Å². The van der Waals surface area contributed by atoms with Crippen molar-refractivity contribution < 1.29 is 27.5 Å². The highest BCUT2D eigenvalue weighted by Crippen LogP contribution is 2.41. The molecule has 1 aliphatic carbocycles. The Kier molecular flexibility index (Phi) is 6.60. The Bertz CT molecular complexity index is 931. The van der Waals surface area contributed by atoms with Gasteiger partial charge in [-0.05, 0) is 49.4 Å². The van der Waals surface area contributed by atoms with E-state index >= 15 is 0 Å². The maximum atomic E-state index is 13.6. The molecule has 1 aromatic carbocycles. The van der Waals surface area contributed by atoms with E-state index in [1.54, 1.807) is 24.3 Å². The third kappa shape index (κ3) is 4.87. The number of alkyl halides is 4. The molecular weight excluding hydrogens is 447 g/mol. The molecule has 30 heavy (non-hydrogen) atoms. The van der Waals surface area contributed by atoms with Crippen molar-refractivity contribution in [1.82, 2.24) is 10.3 Å². The summed E-state index contributed by atoms with van der Waals surface area (Å²) >= 11 is 12.1. The summed E-state index contributed by atoms with van der Waals surface area (Å²) in [5.74, 6) is -0.832. The number of carbonyl (C=O) groups is 1. The molecule has 2 aromatic rings. The van der Waals surface area contributed by atoms with Crippen LogP contribution in [0.4, 0.5) is 17.6 Å². The van der Waals surface area contributed by atoms with Crippen LogP contribution in [0.25, 0.3) is 0 Å². The summed E-state index contributed by atoms with van der Waals surface area (Å²) in [4.78, 5) is 16.1. The second-order valence-corrected chi connectivity index (χ2v) is 8.00. The van der Waals surface area contributed by atoms with Crippen molar-refractivity contribution in [3.63, 3.8) is 0 Å². The van der Waals surface area contributed by atoms with Crippen molar-refractivity contribution >= 4 is 29.1 Å². The maximum absolute atomic E-state index is 13.6. The standard InChI is InChI=1S/C20H18Cl2F4N2O2/c21-14-4-2-1-3-12(14)16(19(30)9-7-11(23)8-10-19)28-18(29)13-5-6-15(20(24,25)26)27-17(13)22/h1-6,11,16,30H,7-10H2,(H,28,29)/t11-,16?,19+. The van der Waals surface area contributed by atoms with Gasteiger partial charge in [-0.2, -0.15) is 13.2 Å². The lowest BCUT2D eigenvalue weighted by molar-refractivity contribution is -0.141. The van der Waals surface area contributed by atoms with Gasteiger partial charge >= 0.3 is 6.18 Å². The fraction of sp³-hybridized carbons (Fsp3) is 0.400. The minimum atomic E-state index is -4.71. The van der Waals surface area contributed by atoms with Gasteiger partial charge in [0.1, 0.15) is 17.0 Å². The number of benzene rings is 1. The first-order valence-electron chi connectivity index (χ1n) is 9.17. The van der Waals surface area contributed by atoms with E-state index in [-0.39, 0.29) is 36.3 Å². The van der Waals surface area contributed by atoms with Gasteiger partial charge in [-0.25, -0.2) is 9.37 Å². The van der Waals surface area contributed by atoms with Crippen molar-refractivity contribution in [3.05, 3.63) is 63.4 Å². The van der Waals surface area contributed by atoms with Gasteiger partial charge in [-0.3, -0.25) is 4.79 Å². The van der Waals surface area contributed by atoms with Gasteiger partial charge in [0.05, 0.1) is 17.2 Å². The minimum absolute atomic E-state index is 0.0727. The molecule has 1 fully saturated rings. The van der Waals surface area contributed by atoms with Gasteiger partial charge in [0.15, 0.2) is 0 Å². The van der Waals surface area contributed by atoms with Crippen LogP contribution in [0, 0.1) is 0 Å². The first-order chi connectivity index (χ1) is 14.0. The third-order valence-corrected chi connectivity index (χ3v) is 5.83. The minimum Gasteiger partial charge on any atom is -0.387 e. The molecule has 1 aliphatic rings. The van der Waals surface area contributed by atoms with E-state index in [1.807, 2.05) is 0 Å². The molecule has 1 atom stereocenters. The Hall–Kier alpha value is -1.90. The van der Waals surface area contributed by atoms with Crippen LogP contribution in [0.1, 0.15) is 53.3 Å². The number of halogens is 6. The number of nitrogens with zero attached hydrogens (tertiary/aromatic N) is 1. The van der Waals surface area contributed by atoms with Crippen LogP contribution in [-0.2, 0) is 6.18 Å². The molecular formula is C20H18Cl2F4N2O2. The summed E-state index contributed by atoms with van der Waals surface area (Å²) in [7, 11) is 0. The van der Waals surface area contributed by atoms with E-state index in [0.717, 1.165) is 6.07 Å². The highest BCUT2D eigenvalue weighted by molar-refractivity contribution is 6.32. The largest absolute Gasteiger partial charge is 0.433 e. The van der Waals surface area contributed by atoms with Crippen LogP contribution in [-0.4, -0.2) is 27.8 Å². The number of rotatable bonds is 4. The van der Waals surface area contributed by atoms with E-state index in [0.29, 0.717) is 11.6 Å². The highest BCUT2D eigenvalue weighted by atomic mass is 35.5. The third-order valence-electron chi connectivity index (χ3n) is 5.19. The van der Waals surface area contributed by atoms with Gasteiger partial charge in [0.2, 0.25) is 0 Å². The molecule has 1 aromatic heterocycles. The summed E-state index contributed by atoms with van der Waals surface area (Å²) in [5, 5.41) is 13.5. The first-order valence-corrected chi connectivity index (χ1v) is 9.92. The number of hydrogen-bond acceptors (Lipinski definition) is 3. The second kappa shape index (κ2) is 8.69.